The molecule has 1 aliphatic heterocycles. The topological polar surface area (TPSA) is 57.7 Å². The number of piperazine rings is 1. The number of benzene rings is 2. The van der Waals surface area contributed by atoms with Crippen LogP contribution in [-0.2, 0) is 19.3 Å². The summed E-state index contributed by atoms with van der Waals surface area (Å²) in [5.74, 6) is 0.435. The Morgan fingerprint density at radius 1 is 1.12 bits per heavy atom. The molecule has 0 radical (unpaired) electrons. The summed E-state index contributed by atoms with van der Waals surface area (Å²) in [4.78, 5) is 21.5. The van der Waals surface area contributed by atoms with Crippen LogP contribution in [-0.4, -0.2) is 49.1 Å². The second kappa shape index (κ2) is 10.4. The zero-order valence-electron chi connectivity index (χ0n) is 18.6. The van der Waals surface area contributed by atoms with E-state index in [1.54, 1.807) is 18.6 Å². The van der Waals surface area contributed by atoms with Crippen molar-refractivity contribution < 1.29 is 22.7 Å². The van der Waals surface area contributed by atoms with E-state index in [0.717, 1.165) is 54.8 Å². The number of aromatic nitrogens is 1. The Balaban J connectivity index is 1.26. The number of anilines is 1. The number of nitrogens with one attached hydrogen (secondary N) is 1. The molecule has 1 fully saturated rings. The fraction of sp³-hybridized carbons (Fsp3) is 0.333. The van der Waals surface area contributed by atoms with Crippen molar-refractivity contribution in [3.05, 3.63) is 75.7 Å². The van der Waals surface area contributed by atoms with Crippen molar-refractivity contribution in [1.29, 1.82) is 0 Å². The van der Waals surface area contributed by atoms with Crippen LogP contribution < -0.4 is 15.0 Å². The van der Waals surface area contributed by atoms with Gasteiger partial charge in [-0.15, -0.1) is 11.3 Å². The molecule has 10 heteroatoms. The standard InChI is InChI=1S/C24H25F3N4O2S/c1-33-20-7-5-19(6-8-20)31-11-9-30(10-12-31)15-22-29-21(16-34-22)23(32)28-14-17-3-2-4-18(13-17)24(25,26)27/h2-8,13,16H,9-12,14-15H2,1H3,(H,28,32). The van der Waals surface area contributed by atoms with Crippen molar-refractivity contribution in [3.8, 4) is 5.75 Å². The number of carbonyl (C=O) groups is 1. The molecule has 0 saturated carbocycles. The molecule has 1 aromatic heterocycles. The molecule has 1 amide bonds. The molecule has 0 atom stereocenters. The van der Waals surface area contributed by atoms with E-state index in [1.165, 1.54) is 17.4 Å². The average molecular weight is 491 g/mol. The Bertz CT molecular complexity index is 1110. The van der Waals surface area contributed by atoms with Crippen LogP contribution in [0.4, 0.5) is 18.9 Å². The summed E-state index contributed by atoms with van der Waals surface area (Å²) < 4.78 is 43.8. The van der Waals surface area contributed by atoms with Crippen LogP contribution in [0.3, 0.4) is 0 Å². The van der Waals surface area contributed by atoms with E-state index in [4.69, 9.17) is 4.74 Å². The van der Waals surface area contributed by atoms with Gasteiger partial charge >= 0.3 is 6.18 Å². The number of nitrogens with zero attached hydrogens (tertiary/aromatic N) is 3. The first-order valence-corrected chi connectivity index (χ1v) is 11.7. The fourth-order valence-electron chi connectivity index (χ4n) is 3.77. The van der Waals surface area contributed by atoms with Crippen LogP contribution in [0.2, 0.25) is 0 Å². The van der Waals surface area contributed by atoms with E-state index in [2.05, 4.69) is 32.2 Å². The normalized spacial score (nSPS) is 14.8. The number of halogens is 3. The number of alkyl halides is 3. The highest BCUT2D eigenvalue weighted by molar-refractivity contribution is 7.09. The molecule has 6 nitrogen and oxygen atoms in total. The van der Waals surface area contributed by atoms with Gasteiger partial charge in [0.2, 0.25) is 0 Å². The first kappa shape index (κ1) is 24.0. The predicted molar refractivity (Wildman–Crippen MR) is 125 cm³/mol. The molecule has 34 heavy (non-hydrogen) atoms. The molecule has 1 aliphatic rings. The van der Waals surface area contributed by atoms with Crippen LogP contribution in [0, 0.1) is 0 Å². The zero-order chi connectivity index (χ0) is 24.1. The van der Waals surface area contributed by atoms with E-state index in [9.17, 15) is 18.0 Å². The van der Waals surface area contributed by atoms with Crippen LogP contribution in [0.1, 0.15) is 26.6 Å². The molecule has 0 aliphatic carbocycles. The highest BCUT2D eigenvalue weighted by Crippen LogP contribution is 2.29. The summed E-state index contributed by atoms with van der Waals surface area (Å²) in [7, 11) is 1.65. The summed E-state index contributed by atoms with van der Waals surface area (Å²) in [5.41, 5.74) is 1.09. The molecule has 4 rings (SSSR count). The van der Waals surface area contributed by atoms with Crippen LogP contribution in [0.15, 0.2) is 53.9 Å². The van der Waals surface area contributed by atoms with Gasteiger partial charge in [0.15, 0.2) is 0 Å². The second-order valence-electron chi connectivity index (χ2n) is 7.97. The highest BCUT2D eigenvalue weighted by atomic mass is 32.1. The molecule has 1 N–H and O–H groups in total. The number of carbonyl (C=O) groups excluding carboxylic acids is 1. The van der Waals surface area contributed by atoms with Gasteiger partial charge in [0.1, 0.15) is 16.5 Å². The number of methoxy groups -OCH3 is 1. The van der Waals surface area contributed by atoms with Crippen molar-refractivity contribution in [3.63, 3.8) is 0 Å². The monoisotopic (exact) mass is 490 g/mol. The number of amides is 1. The van der Waals surface area contributed by atoms with Gasteiger partial charge in [0.25, 0.3) is 5.91 Å². The van der Waals surface area contributed by atoms with Crippen LogP contribution in [0.25, 0.3) is 0 Å². The third-order valence-electron chi connectivity index (χ3n) is 5.66. The van der Waals surface area contributed by atoms with Gasteiger partial charge < -0.3 is 15.0 Å². The SMILES string of the molecule is COc1ccc(N2CCN(Cc3nc(C(=O)NCc4cccc(C(F)(F)F)c4)cs3)CC2)cc1. The third-order valence-corrected chi connectivity index (χ3v) is 6.49. The lowest BCUT2D eigenvalue weighted by molar-refractivity contribution is -0.137. The van der Waals surface area contributed by atoms with Crippen molar-refractivity contribution in [2.24, 2.45) is 0 Å². The smallest absolute Gasteiger partial charge is 0.416 e. The van der Waals surface area contributed by atoms with Crippen LogP contribution in [0.5, 0.6) is 5.75 Å². The molecule has 2 aromatic carbocycles. The number of hydrogen-bond donors (Lipinski definition) is 1. The zero-order valence-corrected chi connectivity index (χ0v) is 19.5. The number of hydrogen-bond acceptors (Lipinski definition) is 6. The first-order chi connectivity index (χ1) is 16.3. The molecule has 2 heterocycles. The Labute approximate surface area is 200 Å². The Morgan fingerprint density at radius 3 is 2.53 bits per heavy atom. The molecular weight excluding hydrogens is 465 g/mol. The molecule has 0 bridgehead atoms. The maximum atomic E-state index is 12.9. The average Bonchev–Trinajstić information content (AvgIpc) is 3.31. The molecule has 180 valence electrons. The van der Waals surface area contributed by atoms with Gasteiger partial charge in [0.05, 0.1) is 19.2 Å². The number of ether oxygens (including phenoxy) is 1. The summed E-state index contributed by atoms with van der Waals surface area (Å²) in [6.07, 6.45) is -4.41. The van der Waals surface area contributed by atoms with E-state index in [-0.39, 0.29) is 12.2 Å². The maximum Gasteiger partial charge on any atom is 0.416 e. The van der Waals surface area contributed by atoms with E-state index in [1.807, 2.05) is 12.1 Å². The quantitative estimate of drug-likeness (QED) is 0.531. The number of rotatable bonds is 7. The lowest BCUT2D eigenvalue weighted by atomic mass is 10.1. The van der Waals surface area contributed by atoms with Gasteiger partial charge in [-0.05, 0) is 42.0 Å². The Hall–Kier alpha value is -3.11. The lowest BCUT2D eigenvalue weighted by Gasteiger charge is -2.35. The van der Waals surface area contributed by atoms with Crippen molar-refractivity contribution in [2.45, 2.75) is 19.3 Å². The minimum atomic E-state index is -4.41. The molecule has 3 aromatic rings. The molecular formula is C24H25F3N4O2S. The Kier molecular flexibility index (Phi) is 7.38. The third kappa shape index (κ3) is 6.06. The first-order valence-electron chi connectivity index (χ1n) is 10.8. The molecule has 0 spiro atoms. The fourth-order valence-corrected chi connectivity index (χ4v) is 4.58. The second-order valence-corrected chi connectivity index (χ2v) is 8.91. The van der Waals surface area contributed by atoms with Gasteiger partial charge in [-0.25, -0.2) is 4.98 Å². The molecule has 1 saturated heterocycles. The lowest BCUT2D eigenvalue weighted by Crippen LogP contribution is -2.45. The predicted octanol–water partition coefficient (Wildman–Crippen LogP) is 4.42. The van der Waals surface area contributed by atoms with E-state index >= 15 is 0 Å². The van der Waals surface area contributed by atoms with Gasteiger partial charge in [-0.3, -0.25) is 9.69 Å². The van der Waals surface area contributed by atoms with E-state index < -0.39 is 17.6 Å². The minimum absolute atomic E-state index is 0.00291. The van der Waals surface area contributed by atoms with Crippen LogP contribution >= 0.6 is 11.3 Å². The molecule has 0 unspecified atom stereocenters. The Morgan fingerprint density at radius 2 is 1.85 bits per heavy atom. The summed E-state index contributed by atoms with van der Waals surface area (Å²) in [6, 6.07) is 13.0. The summed E-state index contributed by atoms with van der Waals surface area (Å²) >= 11 is 1.41. The van der Waals surface area contributed by atoms with E-state index in [0.29, 0.717) is 12.1 Å². The summed E-state index contributed by atoms with van der Waals surface area (Å²) in [5, 5.41) is 5.17. The van der Waals surface area contributed by atoms with Crippen molar-refractivity contribution >= 4 is 22.9 Å². The largest absolute Gasteiger partial charge is 0.497 e. The van der Waals surface area contributed by atoms with Crippen molar-refractivity contribution in [1.82, 2.24) is 15.2 Å². The van der Waals surface area contributed by atoms with Gasteiger partial charge in [0, 0.05) is 43.8 Å². The minimum Gasteiger partial charge on any atom is -0.497 e. The highest BCUT2D eigenvalue weighted by Gasteiger charge is 2.30. The maximum absolute atomic E-state index is 12.9. The van der Waals surface area contributed by atoms with Crippen molar-refractivity contribution in [2.75, 3.05) is 38.2 Å². The van der Waals surface area contributed by atoms with Gasteiger partial charge in [-0.2, -0.15) is 13.2 Å². The summed E-state index contributed by atoms with van der Waals surface area (Å²) in [6.45, 7) is 4.19. The van der Waals surface area contributed by atoms with Gasteiger partial charge in [-0.1, -0.05) is 12.1 Å². The number of thiazole rings is 1.